The van der Waals surface area contributed by atoms with E-state index >= 15 is 0 Å². The minimum absolute atomic E-state index is 0. The van der Waals surface area contributed by atoms with Crippen molar-refractivity contribution in [1.29, 1.82) is 0 Å². The summed E-state index contributed by atoms with van der Waals surface area (Å²) in [5, 5.41) is 5.82. The van der Waals surface area contributed by atoms with Gasteiger partial charge in [0.05, 0.1) is 5.56 Å². The molecule has 0 aliphatic heterocycles. The lowest BCUT2D eigenvalue weighted by atomic mass is 10.2. The molecule has 0 bridgehead atoms. The summed E-state index contributed by atoms with van der Waals surface area (Å²) in [6.45, 7) is 1.41. The Balaban J connectivity index is 0.00000225. The Kier molecular flexibility index (Phi) is 8.35. The van der Waals surface area contributed by atoms with Crippen molar-refractivity contribution in [3.05, 3.63) is 31.8 Å². The standard InChI is InChI=1S/C10H12BrIN2O.ClH/c1-13-5-6-14-10(15)7-3-2-4-8(11)9(7)12;/h2-4,13H,5-6H2,1H3,(H,14,15);1H. The Hall–Kier alpha value is 0.150. The van der Waals surface area contributed by atoms with Crippen LogP contribution in [0.25, 0.3) is 0 Å². The zero-order chi connectivity index (χ0) is 11.3. The van der Waals surface area contributed by atoms with E-state index in [4.69, 9.17) is 0 Å². The SMILES string of the molecule is CNCCNC(=O)c1cccc(Br)c1I.Cl. The molecule has 0 unspecified atom stereocenters. The molecule has 1 rings (SSSR count). The molecule has 0 spiro atoms. The van der Waals surface area contributed by atoms with E-state index in [-0.39, 0.29) is 18.3 Å². The Morgan fingerprint density at radius 3 is 2.75 bits per heavy atom. The Labute approximate surface area is 123 Å². The highest BCUT2D eigenvalue weighted by molar-refractivity contribution is 14.1. The quantitative estimate of drug-likeness (QED) is 0.582. The van der Waals surface area contributed by atoms with E-state index in [2.05, 4.69) is 49.2 Å². The van der Waals surface area contributed by atoms with E-state index < -0.39 is 0 Å². The lowest BCUT2D eigenvalue weighted by molar-refractivity contribution is 0.0953. The second kappa shape index (κ2) is 8.27. The van der Waals surface area contributed by atoms with Crippen LogP contribution in [-0.2, 0) is 0 Å². The van der Waals surface area contributed by atoms with Crippen molar-refractivity contribution in [3.63, 3.8) is 0 Å². The molecule has 16 heavy (non-hydrogen) atoms. The number of hydrogen-bond acceptors (Lipinski definition) is 2. The molecular formula is C10H13BrClIN2O. The van der Waals surface area contributed by atoms with Gasteiger partial charge < -0.3 is 10.6 Å². The van der Waals surface area contributed by atoms with Crippen LogP contribution < -0.4 is 10.6 Å². The van der Waals surface area contributed by atoms with Crippen molar-refractivity contribution in [2.24, 2.45) is 0 Å². The number of hydrogen-bond donors (Lipinski definition) is 2. The van der Waals surface area contributed by atoms with Crippen molar-refractivity contribution in [3.8, 4) is 0 Å². The molecule has 0 heterocycles. The fourth-order valence-corrected chi connectivity index (χ4v) is 2.05. The minimum Gasteiger partial charge on any atom is -0.351 e. The molecule has 0 aliphatic carbocycles. The molecule has 0 radical (unpaired) electrons. The van der Waals surface area contributed by atoms with Crippen LogP contribution in [0.2, 0.25) is 0 Å². The molecule has 3 nitrogen and oxygen atoms in total. The first-order chi connectivity index (χ1) is 7.16. The van der Waals surface area contributed by atoms with E-state index in [9.17, 15) is 4.79 Å². The van der Waals surface area contributed by atoms with E-state index in [1.807, 2.05) is 25.2 Å². The van der Waals surface area contributed by atoms with Crippen LogP contribution in [0.1, 0.15) is 10.4 Å². The first-order valence-electron chi connectivity index (χ1n) is 4.53. The Morgan fingerprint density at radius 1 is 1.44 bits per heavy atom. The van der Waals surface area contributed by atoms with Gasteiger partial charge in [0, 0.05) is 21.1 Å². The number of halogens is 3. The van der Waals surface area contributed by atoms with Crippen LogP contribution in [0.5, 0.6) is 0 Å². The maximum absolute atomic E-state index is 11.7. The molecule has 90 valence electrons. The molecule has 0 aliphatic rings. The maximum Gasteiger partial charge on any atom is 0.252 e. The number of carbonyl (C=O) groups excluding carboxylic acids is 1. The fourth-order valence-electron chi connectivity index (χ4n) is 1.08. The van der Waals surface area contributed by atoms with E-state index in [0.717, 1.165) is 14.6 Å². The van der Waals surface area contributed by atoms with E-state index in [0.29, 0.717) is 12.1 Å². The molecule has 1 aromatic carbocycles. The van der Waals surface area contributed by atoms with E-state index in [1.54, 1.807) is 0 Å². The van der Waals surface area contributed by atoms with Crippen molar-refractivity contribution < 1.29 is 4.79 Å². The molecule has 1 amide bonds. The molecule has 6 heteroatoms. The zero-order valence-corrected chi connectivity index (χ0v) is 13.3. The lowest BCUT2D eigenvalue weighted by Gasteiger charge is -2.07. The molecule has 0 fully saturated rings. The van der Waals surface area contributed by atoms with Crippen molar-refractivity contribution in [1.82, 2.24) is 10.6 Å². The summed E-state index contributed by atoms with van der Waals surface area (Å²) in [6.07, 6.45) is 0. The van der Waals surface area contributed by atoms with Crippen LogP contribution in [0.3, 0.4) is 0 Å². The summed E-state index contributed by atoms with van der Waals surface area (Å²) >= 11 is 5.55. The van der Waals surface area contributed by atoms with Gasteiger partial charge >= 0.3 is 0 Å². The molecule has 0 atom stereocenters. The largest absolute Gasteiger partial charge is 0.351 e. The first kappa shape index (κ1) is 16.1. The third-order valence-corrected chi connectivity index (χ3v) is 4.42. The Bertz CT molecular complexity index is 363. The number of likely N-dealkylation sites (N-methyl/N-ethyl adjacent to an activating group) is 1. The molecular weight excluding hydrogens is 406 g/mol. The fraction of sp³-hybridized carbons (Fsp3) is 0.300. The normalized spacial score (nSPS) is 9.44. The van der Waals surface area contributed by atoms with Gasteiger partial charge in [-0.05, 0) is 57.7 Å². The number of nitrogens with one attached hydrogen (secondary N) is 2. The van der Waals surface area contributed by atoms with Gasteiger partial charge in [-0.2, -0.15) is 0 Å². The van der Waals surface area contributed by atoms with Crippen molar-refractivity contribution in [2.45, 2.75) is 0 Å². The molecule has 1 aromatic rings. The topological polar surface area (TPSA) is 41.1 Å². The third kappa shape index (κ3) is 4.57. The molecule has 0 aromatic heterocycles. The number of amides is 1. The third-order valence-electron chi connectivity index (χ3n) is 1.86. The van der Waals surface area contributed by atoms with Gasteiger partial charge in [0.15, 0.2) is 0 Å². The highest BCUT2D eigenvalue weighted by Crippen LogP contribution is 2.22. The molecule has 2 N–H and O–H groups in total. The van der Waals surface area contributed by atoms with Crippen LogP contribution in [-0.4, -0.2) is 26.0 Å². The minimum atomic E-state index is -0.0315. The Morgan fingerprint density at radius 2 is 2.12 bits per heavy atom. The van der Waals surface area contributed by atoms with Crippen LogP contribution in [0.4, 0.5) is 0 Å². The van der Waals surface area contributed by atoms with E-state index in [1.165, 1.54) is 0 Å². The maximum atomic E-state index is 11.7. The summed E-state index contributed by atoms with van der Waals surface area (Å²) in [6, 6.07) is 5.60. The average Bonchev–Trinajstić information content (AvgIpc) is 2.22. The van der Waals surface area contributed by atoms with Crippen molar-refractivity contribution >= 4 is 56.8 Å². The molecule has 0 saturated heterocycles. The number of carbonyl (C=O) groups is 1. The summed E-state index contributed by atoms with van der Waals surface area (Å²) in [4.78, 5) is 11.7. The predicted octanol–water partition coefficient (Wildman–Crippen LogP) is 2.42. The lowest BCUT2D eigenvalue weighted by Crippen LogP contribution is -2.30. The highest BCUT2D eigenvalue weighted by Gasteiger charge is 2.10. The second-order valence-electron chi connectivity index (χ2n) is 2.96. The second-order valence-corrected chi connectivity index (χ2v) is 4.89. The van der Waals surface area contributed by atoms with Gasteiger partial charge in [-0.25, -0.2) is 0 Å². The van der Waals surface area contributed by atoms with Crippen molar-refractivity contribution in [2.75, 3.05) is 20.1 Å². The van der Waals surface area contributed by atoms with Crippen LogP contribution in [0.15, 0.2) is 22.7 Å². The first-order valence-corrected chi connectivity index (χ1v) is 6.40. The average molecular weight is 419 g/mol. The number of benzene rings is 1. The summed E-state index contributed by atoms with van der Waals surface area (Å²) in [5.74, 6) is -0.0315. The van der Waals surface area contributed by atoms with Gasteiger partial charge in [0.2, 0.25) is 0 Å². The highest BCUT2D eigenvalue weighted by atomic mass is 127. The zero-order valence-electron chi connectivity index (χ0n) is 8.72. The van der Waals surface area contributed by atoms with Gasteiger partial charge in [-0.3, -0.25) is 4.79 Å². The summed E-state index contributed by atoms with van der Waals surface area (Å²) < 4.78 is 1.89. The smallest absolute Gasteiger partial charge is 0.252 e. The van der Waals surface area contributed by atoms with Gasteiger partial charge in [-0.1, -0.05) is 6.07 Å². The van der Waals surface area contributed by atoms with Gasteiger partial charge in [0.1, 0.15) is 0 Å². The molecule has 0 saturated carbocycles. The summed E-state index contributed by atoms with van der Waals surface area (Å²) in [7, 11) is 1.86. The van der Waals surface area contributed by atoms with Gasteiger partial charge in [0.25, 0.3) is 5.91 Å². The monoisotopic (exact) mass is 418 g/mol. The van der Waals surface area contributed by atoms with Gasteiger partial charge in [-0.15, -0.1) is 12.4 Å². The van der Waals surface area contributed by atoms with Crippen LogP contribution >= 0.6 is 50.9 Å². The number of rotatable bonds is 4. The summed E-state index contributed by atoms with van der Waals surface area (Å²) in [5.41, 5.74) is 0.709. The predicted molar refractivity (Wildman–Crippen MR) is 80.4 cm³/mol. The van der Waals surface area contributed by atoms with Crippen LogP contribution in [0, 0.1) is 3.57 Å².